The Kier molecular flexibility index (Phi) is 5.61. The highest BCUT2D eigenvalue weighted by molar-refractivity contribution is 7.16. The molecule has 1 fully saturated rings. The van der Waals surface area contributed by atoms with Crippen molar-refractivity contribution in [3.8, 4) is 0 Å². The number of thiazole rings is 1. The summed E-state index contributed by atoms with van der Waals surface area (Å²) in [6.07, 6.45) is -0.328. The van der Waals surface area contributed by atoms with E-state index in [1.165, 1.54) is 11.3 Å². The number of amides is 1. The Morgan fingerprint density at radius 2 is 1.96 bits per heavy atom. The maximum absolute atomic E-state index is 12.3. The summed E-state index contributed by atoms with van der Waals surface area (Å²) in [6.45, 7) is 13.1. The van der Waals surface area contributed by atoms with E-state index in [0.29, 0.717) is 24.6 Å². The number of carbonyl (C=O) groups excluding carboxylic acids is 1. The van der Waals surface area contributed by atoms with Gasteiger partial charge in [0.2, 0.25) is 0 Å². The highest BCUT2D eigenvalue weighted by atomic mass is 32.1. The van der Waals surface area contributed by atoms with Crippen LogP contribution in [0.5, 0.6) is 0 Å². The van der Waals surface area contributed by atoms with Gasteiger partial charge in [0.15, 0.2) is 5.69 Å². The molecule has 8 heteroatoms. The molecule has 1 aromatic rings. The summed E-state index contributed by atoms with van der Waals surface area (Å²) in [6, 6.07) is -0.0742. The van der Waals surface area contributed by atoms with Gasteiger partial charge in [0.05, 0.1) is 5.01 Å². The molecule has 1 aliphatic heterocycles. The molecule has 2 heterocycles. The van der Waals surface area contributed by atoms with E-state index < -0.39 is 11.6 Å². The topological polar surface area (TPSA) is 83.0 Å². The zero-order valence-corrected chi connectivity index (χ0v) is 16.5. The molecule has 0 saturated carbocycles. The molecule has 1 unspecified atom stereocenters. The van der Waals surface area contributed by atoms with Gasteiger partial charge in [-0.2, -0.15) is 0 Å². The van der Waals surface area contributed by atoms with Gasteiger partial charge in [0, 0.05) is 31.6 Å². The molecule has 1 saturated heterocycles. The fourth-order valence-corrected chi connectivity index (χ4v) is 3.76. The molecular weight excluding hydrogens is 342 g/mol. The van der Waals surface area contributed by atoms with Crippen molar-refractivity contribution in [2.45, 2.75) is 59.1 Å². The maximum atomic E-state index is 12.3. The van der Waals surface area contributed by atoms with Gasteiger partial charge >= 0.3 is 12.1 Å². The predicted molar refractivity (Wildman–Crippen MR) is 97.8 cm³/mol. The van der Waals surface area contributed by atoms with Crippen LogP contribution in [-0.4, -0.2) is 58.3 Å². The number of hydrogen-bond acceptors (Lipinski definition) is 6. The highest BCUT2D eigenvalue weighted by Crippen LogP contribution is 2.34. The standard InChI is InChI=1S/C17H27N3O4S/c1-10(2)13-18-12(15(21)22)14(25-13)19-7-8-20(11(3)9-19)16(23)24-17(4,5)6/h10-11H,7-9H2,1-6H3,(H,21,22). The minimum atomic E-state index is -1.01. The smallest absolute Gasteiger partial charge is 0.410 e. The summed E-state index contributed by atoms with van der Waals surface area (Å²) in [7, 11) is 0. The molecule has 0 bridgehead atoms. The number of rotatable bonds is 3. The second kappa shape index (κ2) is 7.19. The first-order valence-electron chi connectivity index (χ1n) is 8.48. The van der Waals surface area contributed by atoms with Crippen LogP contribution in [0.3, 0.4) is 0 Å². The van der Waals surface area contributed by atoms with Gasteiger partial charge in [-0.1, -0.05) is 13.8 Å². The van der Waals surface area contributed by atoms with Crippen molar-refractivity contribution in [3.05, 3.63) is 10.7 Å². The molecule has 0 aliphatic carbocycles. The van der Waals surface area contributed by atoms with E-state index in [9.17, 15) is 14.7 Å². The van der Waals surface area contributed by atoms with Crippen LogP contribution in [0.2, 0.25) is 0 Å². The molecule has 1 amide bonds. The zero-order chi connectivity index (χ0) is 18.9. The minimum absolute atomic E-state index is 0.0742. The number of carboxylic acids is 1. The molecule has 7 nitrogen and oxygen atoms in total. The number of piperazine rings is 1. The third kappa shape index (κ3) is 4.62. The summed E-state index contributed by atoms with van der Waals surface area (Å²) in [5.74, 6) is -0.835. The lowest BCUT2D eigenvalue weighted by Crippen LogP contribution is -2.55. The third-order valence-electron chi connectivity index (χ3n) is 3.87. The van der Waals surface area contributed by atoms with Crippen molar-refractivity contribution in [1.82, 2.24) is 9.88 Å². The largest absolute Gasteiger partial charge is 0.476 e. The van der Waals surface area contributed by atoms with E-state index in [1.54, 1.807) is 4.90 Å². The molecule has 25 heavy (non-hydrogen) atoms. The first kappa shape index (κ1) is 19.5. The van der Waals surface area contributed by atoms with Gasteiger partial charge in [-0.15, -0.1) is 11.3 Å². The Balaban J connectivity index is 2.15. The summed E-state index contributed by atoms with van der Waals surface area (Å²) in [5.41, 5.74) is -0.430. The van der Waals surface area contributed by atoms with Crippen LogP contribution in [0.25, 0.3) is 0 Å². The van der Waals surface area contributed by atoms with Crippen LogP contribution in [0.1, 0.15) is 63.0 Å². The summed E-state index contributed by atoms with van der Waals surface area (Å²) < 4.78 is 5.45. The Hall–Kier alpha value is -1.83. The second-order valence-corrected chi connectivity index (χ2v) is 8.64. The van der Waals surface area contributed by atoms with Crippen LogP contribution in [0.15, 0.2) is 0 Å². The second-order valence-electron chi connectivity index (χ2n) is 7.63. The quantitative estimate of drug-likeness (QED) is 0.879. The van der Waals surface area contributed by atoms with E-state index >= 15 is 0 Å². The van der Waals surface area contributed by atoms with Crippen LogP contribution >= 0.6 is 11.3 Å². The molecule has 1 aliphatic rings. The molecule has 2 rings (SSSR count). The molecule has 0 radical (unpaired) electrons. The third-order valence-corrected chi connectivity index (χ3v) is 5.28. The van der Waals surface area contributed by atoms with Gasteiger partial charge in [-0.3, -0.25) is 0 Å². The lowest BCUT2D eigenvalue weighted by atomic mass is 10.2. The number of ether oxygens (including phenoxy) is 1. The molecular formula is C17H27N3O4S. The van der Waals surface area contributed by atoms with Crippen molar-refractivity contribution in [1.29, 1.82) is 0 Å². The van der Waals surface area contributed by atoms with E-state index in [2.05, 4.69) is 4.98 Å². The van der Waals surface area contributed by atoms with E-state index in [-0.39, 0.29) is 23.7 Å². The Morgan fingerprint density at radius 3 is 2.44 bits per heavy atom. The van der Waals surface area contributed by atoms with Gasteiger partial charge < -0.3 is 19.6 Å². The van der Waals surface area contributed by atoms with Gasteiger partial charge in [0.25, 0.3) is 0 Å². The van der Waals surface area contributed by atoms with Gasteiger partial charge in [-0.25, -0.2) is 14.6 Å². The fraction of sp³-hybridized carbons (Fsp3) is 0.706. The monoisotopic (exact) mass is 369 g/mol. The van der Waals surface area contributed by atoms with E-state index in [0.717, 1.165) is 5.01 Å². The normalized spacial score (nSPS) is 18.6. The maximum Gasteiger partial charge on any atom is 0.410 e. The number of hydrogen-bond donors (Lipinski definition) is 1. The van der Waals surface area contributed by atoms with Gasteiger partial charge in [-0.05, 0) is 27.7 Å². The lowest BCUT2D eigenvalue weighted by molar-refractivity contribution is 0.0158. The van der Waals surface area contributed by atoms with Crippen LogP contribution in [0, 0.1) is 0 Å². The molecule has 0 aromatic carbocycles. The number of aromatic carboxylic acids is 1. The molecule has 0 spiro atoms. The number of aromatic nitrogens is 1. The summed E-state index contributed by atoms with van der Waals surface area (Å²) in [4.78, 5) is 31.9. The molecule has 1 aromatic heterocycles. The number of carboxylic acid groups (broad SMARTS) is 1. The van der Waals surface area contributed by atoms with Crippen LogP contribution < -0.4 is 4.90 Å². The SMILES string of the molecule is CC(C)c1nc(C(=O)O)c(N2CCN(C(=O)OC(C)(C)C)C(C)C2)s1. The van der Waals surface area contributed by atoms with Crippen LogP contribution in [-0.2, 0) is 4.74 Å². The zero-order valence-electron chi connectivity index (χ0n) is 15.7. The number of nitrogens with zero attached hydrogens (tertiary/aromatic N) is 3. The summed E-state index contributed by atoms with van der Waals surface area (Å²) in [5, 5.41) is 10.9. The van der Waals surface area contributed by atoms with Crippen molar-refractivity contribution in [2.75, 3.05) is 24.5 Å². The first-order chi connectivity index (χ1) is 11.5. The van der Waals surface area contributed by atoms with Crippen molar-refractivity contribution in [2.24, 2.45) is 0 Å². The average molecular weight is 369 g/mol. The number of anilines is 1. The molecule has 1 atom stereocenters. The highest BCUT2D eigenvalue weighted by Gasteiger charge is 2.33. The predicted octanol–water partition coefficient (Wildman–Crippen LogP) is 3.41. The Bertz CT molecular complexity index is 651. The van der Waals surface area contributed by atoms with E-state index in [4.69, 9.17) is 4.74 Å². The molecule has 1 N–H and O–H groups in total. The molecule has 140 valence electrons. The Labute approximate surface area is 152 Å². The van der Waals surface area contributed by atoms with Crippen LogP contribution in [0.4, 0.5) is 9.80 Å². The van der Waals surface area contributed by atoms with Crippen molar-refractivity contribution in [3.63, 3.8) is 0 Å². The first-order valence-corrected chi connectivity index (χ1v) is 9.30. The fourth-order valence-electron chi connectivity index (χ4n) is 2.66. The Morgan fingerprint density at radius 1 is 1.32 bits per heavy atom. The van der Waals surface area contributed by atoms with Crippen molar-refractivity contribution < 1.29 is 19.4 Å². The van der Waals surface area contributed by atoms with E-state index in [1.807, 2.05) is 46.4 Å². The number of carbonyl (C=O) groups is 2. The lowest BCUT2D eigenvalue weighted by Gasteiger charge is -2.40. The minimum Gasteiger partial charge on any atom is -0.476 e. The summed E-state index contributed by atoms with van der Waals surface area (Å²) >= 11 is 1.42. The van der Waals surface area contributed by atoms with Crippen molar-refractivity contribution >= 4 is 28.4 Å². The van der Waals surface area contributed by atoms with Gasteiger partial charge in [0.1, 0.15) is 10.6 Å². The average Bonchev–Trinajstić information content (AvgIpc) is 2.90.